The van der Waals surface area contributed by atoms with Gasteiger partial charge in [0.2, 0.25) is 0 Å². The van der Waals surface area contributed by atoms with Gasteiger partial charge in [-0.2, -0.15) is 0 Å². The molecule has 26 heavy (non-hydrogen) atoms. The van der Waals surface area contributed by atoms with Crippen LogP contribution in [0, 0.1) is 0 Å². The first-order chi connectivity index (χ1) is 12.6. The zero-order chi connectivity index (χ0) is 18.4. The molecule has 2 aromatic rings. The molecular formula is C22H31N3O. The van der Waals surface area contributed by atoms with Crippen molar-refractivity contribution in [1.29, 1.82) is 0 Å². The average Bonchev–Trinajstić information content (AvgIpc) is 3.08. The van der Waals surface area contributed by atoms with Crippen molar-refractivity contribution in [2.45, 2.75) is 71.1 Å². The standard InChI is InChI=1S/C22H31N3O/c1-18(2)25(22(26)23-20-12-7-4-8-13-20)17-21-14-9-15-24(21)16-19-10-5-3-6-11-19/h3,5-6,9-11,14-15,18,20H,4,7-8,12-13,16-17H2,1-2H3,(H,23,26). The van der Waals surface area contributed by atoms with Gasteiger partial charge in [-0.15, -0.1) is 0 Å². The van der Waals surface area contributed by atoms with Gasteiger partial charge in [0, 0.05) is 30.5 Å². The SMILES string of the molecule is CC(C)N(Cc1cccn1Cc1ccccc1)C(=O)NC1CCCCC1. The van der Waals surface area contributed by atoms with Crippen LogP contribution >= 0.6 is 0 Å². The van der Waals surface area contributed by atoms with E-state index in [2.05, 4.69) is 66.3 Å². The predicted molar refractivity (Wildman–Crippen MR) is 106 cm³/mol. The van der Waals surface area contributed by atoms with Crippen LogP contribution in [0.2, 0.25) is 0 Å². The molecule has 1 heterocycles. The first kappa shape index (κ1) is 18.6. The molecule has 2 amide bonds. The van der Waals surface area contributed by atoms with Crippen molar-refractivity contribution in [2.24, 2.45) is 0 Å². The monoisotopic (exact) mass is 353 g/mol. The van der Waals surface area contributed by atoms with E-state index in [1.165, 1.54) is 30.5 Å². The Morgan fingerprint density at radius 1 is 1.12 bits per heavy atom. The van der Waals surface area contributed by atoms with Gasteiger partial charge in [0.05, 0.1) is 6.54 Å². The average molecular weight is 354 g/mol. The molecule has 0 saturated heterocycles. The molecule has 0 unspecified atom stereocenters. The van der Waals surface area contributed by atoms with Gasteiger partial charge in [-0.3, -0.25) is 0 Å². The Morgan fingerprint density at radius 2 is 1.85 bits per heavy atom. The Bertz CT molecular complexity index is 686. The lowest BCUT2D eigenvalue weighted by Crippen LogP contribution is -2.48. The summed E-state index contributed by atoms with van der Waals surface area (Å²) in [4.78, 5) is 14.8. The molecule has 0 bridgehead atoms. The highest BCUT2D eigenvalue weighted by molar-refractivity contribution is 5.74. The van der Waals surface area contributed by atoms with Gasteiger partial charge in [-0.25, -0.2) is 4.79 Å². The molecule has 140 valence electrons. The quantitative estimate of drug-likeness (QED) is 0.796. The van der Waals surface area contributed by atoms with Crippen LogP contribution in [-0.4, -0.2) is 27.6 Å². The van der Waals surface area contributed by atoms with Crippen molar-refractivity contribution >= 4 is 6.03 Å². The summed E-state index contributed by atoms with van der Waals surface area (Å²) >= 11 is 0. The van der Waals surface area contributed by atoms with Gasteiger partial charge in [0.25, 0.3) is 0 Å². The second-order valence-corrected chi connectivity index (χ2v) is 7.62. The largest absolute Gasteiger partial charge is 0.345 e. The summed E-state index contributed by atoms with van der Waals surface area (Å²) < 4.78 is 2.23. The number of carbonyl (C=O) groups is 1. The molecule has 3 rings (SSSR count). The number of nitrogens with zero attached hydrogens (tertiary/aromatic N) is 2. The van der Waals surface area contributed by atoms with Crippen molar-refractivity contribution in [3.63, 3.8) is 0 Å². The molecule has 4 nitrogen and oxygen atoms in total. The summed E-state index contributed by atoms with van der Waals surface area (Å²) in [5.41, 5.74) is 2.44. The van der Waals surface area contributed by atoms with Gasteiger partial charge in [-0.05, 0) is 44.4 Å². The number of urea groups is 1. The molecule has 1 saturated carbocycles. The van der Waals surface area contributed by atoms with E-state index < -0.39 is 0 Å². The Morgan fingerprint density at radius 3 is 2.54 bits per heavy atom. The third-order valence-corrected chi connectivity index (χ3v) is 5.27. The lowest BCUT2D eigenvalue weighted by Gasteiger charge is -2.31. The van der Waals surface area contributed by atoms with Crippen LogP contribution in [0.15, 0.2) is 48.7 Å². The van der Waals surface area contributed by atoms with Crippen LogP contribution in [0.25, 0.3) is 0 Å². The molecule has 0 atom stereocenters. The number of amides is 2. The molecule has 1 fully saturated rings. The maximum absolute atomic E-state index is 12.9. The zero-order valence-electron chi connectivity index (χ0n) is 16.0. The lowest BCUT2D eigenvalue weighted by molar-refractivity contribution is 0.171. The number of aromatic nitrogens is 1. The van der Waals surface area contributed by atoms with Crippen molar-refractivity contribution in [2.75, 3.05) is 0 Å². The number of hydrogen-bond donors (Lipinski definition) is 1. The second kappa shape index (κ2) is 8.93. The Labute approximate surface area is 157 Å². The highest BCUT2D eigenvalue weighted by atomic mass is 16.2. The lowest BCUT2D eigenvalue weighted by atomic mass is 9.96. The molecular weight excluding hydrogens is 322 g/mol. The number of carbonyl (C=O) groups excluding carboxylic acids is 1. The minimum Gasteiger partial charge on any atom is -0.345 e. The summed E-state index contributed by atoms with van der Waals surface area (Å²) in [7, 11) is 0. The van der Waals surface area contributed by atoms with E-state index >= 15 is 0 Å². The summed E-state index contributed by atoms with van der Waals surface area (Å²) in [5, 5.41) is 3.26. The molecule has 0 radical (unpaired) electrons. The van der Waals surface area contributed by atoms with Crippen LogP contribution in [-0.2, 0) is 13.1 Å². The molecule has 4 heteroatoms. The second-order valence-electron chi connectivity index (χ2n) is 7.62. The number of benzene rings is 1. The minimum absolute atomic E-state index is 0.0689. The Hall–Kier alpha value is -2.23. The van der Waals surface area contributed by atoms with E-state index in [-0.39, 0.29) is 12.1 Å². The highest BCUT2D eigenvalue weighted by Gasteiger charge is 2.22. The van der Waals surface area contributed by atoms with E-state index in [0.717, 1.165) is 19.4 Å². The molecule has 1 N–H and O–H groups in total. The van der Waals surface area contributed by atoms with E-state index in [1.54, 1.807) is 0 Å². The summed E-state index contributed by atoms with van der Waals surface area (Å²) in [6.45, 7) is 5.64. The van der Waals surface area contributed by atoms with Gasteiger partial charge < -0.3 is 14.8 Å². The maximum Gasteiger partial charge on any atom is 0.318 e. The maximum atomic E-state index is 12.9. The molecule has 1 aromatic carbocycles. The molecule has 0 aliphatic heterocycles. The first-order valence-corrected chi connectivity index (χ1v) is 9.88. The first-order valence-electron chi connectivity index (χ1n) is 9.88. The molecule has 0 spiro atoms. The fraction of sp³-hybridized carbons (Fsp3) is 0.500. The Kier molecular flexibility index (Phi) is 6.37. The van der Waals surface area contributed by atoms with Crippen molar-refractivity contribution in [3.8, 4) is 0 Å². The Balaban J connectivity index is 1.66. The van der Waals surface area contributed by atoms with Crippen LogP contribution in [0.3, 0.4) is 0 Å². The number of nitrogens with one attached hydrogen (secondary N) is 1. The summed E-state index contributed by atoms with van der Waals surface area (Å²) in [6.07, 6.45) is 8.08. The van der Waals surface area contributed by atoms with Crippen LogP contribution in [0.4, 0.5) is 4.79 Å². The van der Waals surface area contributed by atoms with Crippen LogP contribution in [0.5, 0.6) is 0 Å². The molecule has 1 aliphatic carbocycles. The minimum atomic E-state index is 0.0689. The van der Waals surface area contributed by atoms with E-state index in [9.17, 15) is 4.79 Å². The van der Waals surface area contributed by atoms with Crippen molar-refractivity contribution < 1.29 is 4.79 Å². The normalized spacial score (nSPS) is 15.2. The van der Waals surface area contributed by atoms with E-state index in [4.69, 9.17) is 0 Å². The van der Waals surface area contributed by atoms with Gasteiger partial charge in [0.15, 0.2) is 0 Å². The fourth-order valence-electron chi connectivity index (χ4n) is 3.70. The smallest absolute Gasteiger partial charge is 0.318 e. The van der Waals surface area contributed by atoms with E-state index in [1.807, 2.05) is 11.0 Å². The summed E-state index contributed by atoms with van der Waals surface area (Å²) in [5.74, 6) is 0. The third-order valence-electron chi connectivity index (χ3n) is 5.27. The van der Waals surface area contributed by atoms with Gasteiger partial charge in [0.1, 0.15) is 0 Å². The molecule has 1 aromatic heterocycles. The van der Waals surface area contributed by atoms with Crippen LogP contribution in [0.1, 0.15) is 57.2 Å². The molecule has 1 aliphatic rings. The number of hydrogen-bond acceptors (Lipinski definition) is 1. The van der Waals surface area contributed by atoms with Crippen molar-refractivity contribution in [3.05, 3.63) is 59.9 Å². The number of rotatable bonds is 6. The highest BCUT2D eigenvalue weighted by Crippen LogP contribution is 2.19. The predicted octanol–water partition coefficient (Wildman–Crippen LogP) is 4.79. The van der Waals surface area contributed by atoms with Crippen LogP contribution < -0.4 is 5.32 Å². The van der Waals surface area contributed by atoms with Gasteiger partial charge >= 0.3 is 6.03 Å². The third kappa shape index (κ3) is 4.90. The summed E-state index contributed by atoms with van der Waals surface area (Å²) in [6, 6.07) is 15.2. The van der Waals surface area contributed by atoms with Gasteiger partial charge in [-0.1, -0.05) is 49.6 Å². The fourth-order valence-corrected chi connectivity index (χ4v) is 3.70. The van der Waals surface area contributed by atoms with Crippen molar-refractivity contribution in [1.82, 2.24) is 14.8 Å². The topological polar surface area (TPSA) is 37.3 Å². The zero-order valence-corrected chi connectivity index (χ0v) is 16.0. The van der Waals surface area contributed by atoms with E-state index in [0.29, 0.717) is 12.6 Å².